The highest BCUT2D eigenvalue weighted by atomic mass is 16.4. The van der Waals surface area contributed by atoms with E-state index in [9.17, 15) is 19.5 Å². The zero-order chi connectivity index (χ0) is 22.2. The maximum absolute atomic E-state index is 12.5. The summed E-state index contributed by atoms with van der Waals surface area (Å²) >= 11 is 0. The van der Waals surface area contributed by atoms with Gasteiger partial charge in [0, 0.05) is 28.8 Å². The number of carboxylic acids is 1. The standard InChI is InChI=1S/C23H27NO6/c1-11(2)8-18(22(26)27)24-21(25)7-6-15-13(4)17-9-16-12(3)14(5)29-19(16)10-20(17)30-23(15)28/h9-11,18H,6-8H2,1-5H3,(H,24,25)(H,26,27)/p-1/t18-/m0/s1. The third kappa shape index (κ3) is 4.25. The lowest BCUT2D eigenvalue weighted by Gasteiger charge is -2.21. The molecule has 0 aliphatic heterocycles. The number of carboxylic acid groups (broad SMARTS) is 1. The third-order valence-electron chi connectivity index (χ3n) is 5.51. The molecule has 1 aromatic carbocycles. The van der Waals surface area contributed by atoms with Gasteiger partial charge in [0.2, 0.25) is 5.91 Å². The monoisotopic (exact) mass is 412 g/mol. The number of benzene rings is 1. The van der Waals surface area contributed by atoms with Gasteiger partial charge in [0.25, 0.3) is 0 Å². The predicted molar refractivity (Wildman–Crippen MR) is 111 cm³/mol. The van der Waals surface area contributed by atoms with Crippen LogP contribution in [0.4, 0.5) is 0 Å². The molecule has 30 heavy (non-hydrogen) atoms. The number of rotatable bonds is 7. The smallest absolute Gasteiger partial charge is 0.339 e. The molecular weight excluding hydrogens is 386 g/mol. The first-order valence-corrected chi connectivity index (χ1v) is 10.0. The largest absolute Gasteiger partial charge is 0.548 e. The van der Waals surface area contributed by atoms with E-state index in [0.29, 0.717) is 16.7 Å². The third-order valence-corrected chi connectivity index (χ3v) is 5.51. The van der Waals surface area contributed by atoms with Gasteiger partial charge in [-0.25, -0.2) is 4.79 Å². The molecular formula is C23H26NO6-. The van der Waals surface area contributed by atoms with Crippen LogP contribution >= 0.6 is 0 Å². The van der Waals surface area contributed by atoms with Crippen molar-refractivity contribution in [3.8, 4) is 0 Å². The van der Waals surface area contributed by atoms with Crippen molar-refractivity contribution in [2.24, 2.45) is 5.92 Å². The highest BCUT2D eigenvalue weighted by Crippen LogP contribution is 2.31. The molecule has 7 nitrogen and oxygen atoms in total. The van der Waals surface area contributed by atoms with E-state index < -0.39 is 23.5 Å². The number of hydrogen-bond acceptors (Lipinski definition) is 6. The van der Waals surface area contributed by atoms with Gasteiger partial charge in [0.1, 0.15) is 16.9 Å². The number of carbonyl (C=O) groups is 2. The minimum atomic E-state index is -1.31. The minimum Gasteiger partial charge on any atom is -0.548 e. The van der Waals surface area contributed by atoms with E-state index in [1.54, 1.807) is 6.07 Å². The fraction of sp³-hybridized carbons (Fsp3) is 0.435. The van der Waals surface area contributed by atoms with Gasteiger partial charge < -0.3 is 24.1 Å². The number of furan rings is 1. The van der Waals surface area contributed by atoms with Crippen molar-refractivity contribution < 1.29 is 23.5 Å². The molecule has 0 aliphatic carbocycles. The normalized spacial score (nSPS) is 12.6. The Morgan fingerprint density at radius 3 is 2.30 bits per heavy atom. The molecule has 0 bridgehead atoms. The summed E-state index contributed by atoms with van der Waals surface area (Å²) < 4.78 is 11.2. The van der Waals surface area contributed by atoms with Crippen LogP contribution in [0.25, 0.3) is 21.9 Å². The molecule has 1 N–H and O–H groups in total. The second kappa shape index (κ2) is 8.34. The van der Waals surface area contributed by atoms with Gasteiger partial charge in [0.15, 0.2) is 0 Å². The second-order valence-corrected chi connectivity index (χ2v) is 8.19. The first kappa shape index (κ1) is 21.6. The molecule has 0 saturated carbocycles. The summed E-state index contributed by atoms with van der Waals surface area (Å²) in [6, 6.07) is 2.60. The SMILES string of the molecule is Cc1oc2cc3oc(=O)c(CCC(=O)N[C@@H](CC(C)C)C(=O)[O-])c(C)c3cc2c1C. The van der Waals surface area contributed by atoms with Crippen molar-refractivity contribution in [2.45, 2.75) is 59.9 Å². The molecule has 7 heteroatoms. The van der Waals surface area contributed by atoms with Crippen LogP contribution in [0.5, 0.6) is 0 Å². The number of hydrogen-bond donors (Lipinski definition) is 1. The summed E-state index contributed by atoms with van der Waals surface area (Å²) in [4.78, 5) is 36.0. The summed E-state index contributed by atoms with van der Waals surface area (Å²) in [6.07, 6.45) is 0.411. The second-order valence-electron chi connectivity index (χ2n) is 8.19. The fourth-order valence-electron chi connectivity index (χ4n) is 3.70. The molecule has 0 saturated heterocycles. The Labute approximate surface area is 174 Å². The molecule has 0 fully saturated rings. The first-order chi connectivity index (χ1) is 14.1. The number of aryl methyl sites for hydroxylation is 3. The quantitative estimate of drug-likeness (QED) is 0.597. The van der Waals surface area contributed by atoms with E-state index in [1.807, 2.05) is 40.7 Å². The number of nitrogens with one attached hydrogen (secondary N) is 1. The van der Waals surface area contributed by atoms with Crippen LogP contribution in [0.15, 0.2) is 25.8 Å². The Morgan fingerprint density at radius 1 is 1.03 bits per heavy atom. The van der Waals surface area contributed by atoms with E-state index in [0.717, 1.165) is 27.7 Å². The van der Waals surface area contributed by atoms with Gasteiger partial charge >= 0.3 is 5.63 Å². The average Bonchev–Trinajstić information content (AvgIpc) is 2.92. The maximum atomic E-state index is 12.5. The average molecular weight is 412 g/mol. The Morgan fingerprint density at radius 2 is 1.67 bits per heavy atom. The highest BCUT2D eigenvalue weighted by molar-refractivity contribution is 5.96. The molecule has 2 aromatic heterocycles. The zero-order valence-corrected chi connectivity index (χ0v) is 17.9. The van der Waals surface area contributed by atoms with Gasteiger partial charge in [-0.3, -0.25) is 4.79 Å². The number of fused-ring (bicyclic) bond motifs is 2. The van der Waals surface area contributed by atoms with Crippen molar-refractivity contribution >= 4 is 33.8 Å². The van der Waals surface area contributed by atoms with E-state index >= 15 is 0 Å². The summed E-state index contributed by atoms with van der Waals surface area (Å²) in [5, 5.41) is 15.5. The van der Waals surface area contributed by atoms with Crippen molar-refractivity contribution in [3.05, 3.63) is 45.0 Å². The summed E-state index contributed by atoms with van der Waals surface area (Å²) in [7, 11) is 0. The van der Waals surface area contributed by atoms with Crippen LogP contribution in [0, 0.1) is 26.7 Å². The topological polar surface area (TPSA) is 113 Å². The van der Waals surface area contributed by atoms with Crippen LogP contribution in [0.3, 0.4) is 0 Å². The van der Waals surface area contributed by atoms with Gasteiger partial charge in [-0.15, -0.1) is 0 Å². The van der Waals surface area contributed by atoms with Crippen LogP contribution in [-0.2, 0) is 16.0 Å². The van der Waals surface area contributed by atoms with Gasteiger partial charge in [0.05, 0.1) is 12.0 Å². The fourth-order valence-corrected chi connectivity index (χ4v) is 3.70. The summed E-state index contributed by atoms with van der Waals surface area (Å²) in [5.74, 6) is -0.857. The summed E-state index contributed by atoms with van der Waals surface area (Å²) in [6.45, 7) is 9.41. The summed E-state index contributed by atoms with van der Waals surface area (Å²) in [5.41, 5.74) is 2.76. The van der Waals surface area contributed by atoms with Crippen LogP contribution in [0.1, 0.15) is 49.1 Å². The molecule has 0 radical (unpaired) electrons. The van der Waals surface area contributed by atoms with Gasteiger partial charge in [-0.2, -0.15) is 0 Å². The Kier molecular flexibility index (Phi) is 6.01. The van der Waals surface area contributed by atoms with Crippen molar-refractivity contribution in [1.82, 2.24) is 5.32 Å². The Hall–Kier alpha value is -3.09. The van der Waals surface area contributed by atoms with E-state index in [-0.39, 0.29) is 25.2 Å². The Balaban J connectivity index is 1.86. The molecule has 0 unspecified atom stereocenters. The number of carbonyl (C=O) groups excluding carboxylic acids is 2. The molecule has 0 spiro atoms. The number of amides is 1. The van der Waals surface area contributed by atoms with Crippen molar-refractivity contribution in [2.75, 3.05) is 0 Å². The van der Waals surface area contributed by atoms with E-state index in [2.05, 4.69) is 5.32 Å². The molecule has 2 heterocycles. The molecule has 1 amide bonds. The van der Waals surface area contributed by atoms with Crippen LogP contribution in [0.2, 0.25) is 0 Å². The van der Waals surface area contributed by atoms with Gasteiger partial charge in [-0.05, 0) is 56.7 Å². The molecule has 1 atom stereocenters. The Bertz CT molecular complexity index is 1180. The van der Waals surface area contributed by atoms with Crippen LogP contribution in [-0.4, -0.2) is 17.9 Å². The van der Waals surface area contributed by atoms with E-state index in [1.165, 1.54) is 0 Å². The molecule has 0 aliphatic rings. The predicted octanol–water partition coefficient (Wildman–Crippen LogP) is 2.68. The highest BCUT2D eigenvalue weighted by Gasteiger charge is 2.18. The molecule has 160 valence electrons. The minimum absolute atomic E-state index is 0.0227. The first-order valence-electron chi connectivity index (χ1n) is 10.0. The van der Waals surface area contributed by atoms with E-state index in [4.69, 9.17) is 8.83 Å². The maximum Gasteiger partial charge on any atom is 0.339 e. The van der Waals surface area contributed by atoms with Crippen molar-refractivity contribution in [1.29, 1.82) is 0 Å². The molecule has 3 aromatic rings. The number of aliphatic carboxylic acids is 1. The van der Waals surface area contributed by atoms with Gasteiger partial charge in [-0.1, -0.05) is 13.8 Å². The van der Waals surface area contributed by atoms with Crippen molar-refractivity contribution in [3.63, 3.8) is 0 Å². The lowest BCUT2D eigenvalue weighted by Crippen LogP contribution is -2.48. The molecule has 3 rings (SSSR count). The lowest BCUT2D eigenvalue weighted by molar-refractivity contribution is -0.308. The zero-order valence-electron chi connectivity index (χ0n) is 17.9. The lowest BCUT2D eigenvalue weighted by atomic mass is 10.00. The van der Waals surface area contributed by atoms with Crippen LogP contribution < -0.4 is 16.0 Å².